The van der Waals surface area contributed by atoms with Crippen molar-refractivity contribution in [2.45, 2.75) is 13.5 Å². The summed E-state index contributed by atoms with van der Waals surface area (Å²) in [6, 6.07) is 2.75. The third kappa shape index (κ3) is 3.25. The summed E-state index contributed by atoms with van der Waals surface area (Å²) in [4.78, 5) is 0. The molecule has 0 spiro atoms. The van der Waals surface area contributed by atoms with Crippen LogP contribution in [0.3, 0.4) is 0 Å². The molecule has 0 unspecified atom stereocenters. The molecule has 0 aromatic heterocycles. The molecule has 15 heavy (non-hydrogen) atoms. The Bertz CT molecular complexity index is 327. The number of aryl methyl sites for hydroxylation is 1. The Morgan fingerprint density at radius 2 is 1.93 bits per heavy atom. The van der Waals surface area contributed by atoms with E-state index in [4.69, 9.17) is 0 Å². The van der Waals surface area contributed by atoms with Crippen molar-refractivity contribution in [2.75, 3.05) is 20.1 Å². The van der Waals surface area contributed by atoms with Crippen LogP contribution in [0.4, 0.5) is 8.78 Å². The van der Waals surface area contributed by atoms with E-state index in [1.807, 2.05) is 7.05 Å². The van der Waals surface area contributed by atoms with Crippen molar-refractivity contribution in [1.29, 1.82) is 0 Å². The van der Waals surface area contributed by atoms with Crippen LogP contribution in [0, 0.1) is 18.6 Å². The maximum absolute atomic E-state index is 13.5. The van der Waals surface area contributed by atoms with Crippen LogP contribution in [-0.2, 0) is 6.54 Å². The lowest BCUT2D eigenvalue weighted by Gasteiger charge is -2.08. The molecule has 0 saturated carbocycles. The molecule has 1 rings (SSSR count). The molecule has 4 heteroatoms. The molecule has 2 N–H and O–H groups in total. The van der Waals surface area contributed by atoms with Gasteiger partial charge in [0, 0.05) is 25.2 Å². The normalized spacial score (nSPS) is 10.7. The lowest BCUT2D eigenvalue weighted by atomic mass is 10.1. The summed E-state index contributed by atoms with van der Waals surface area (Å²) in [6.45, 7) is 3.31. The van der Waals surface area contributed by atoms with E-state index in [2.05, 4.69) is 10.6 Å². The van der Waals surface area contributed by atoms with Crippen LogP contribution in [-0.4, -0.2) is 20.1 Å². The average molecular weight is 214 g/mol. The van der Waals surface area contributed by atoms with Gasteiger partial charge in [0.1, 0.15) is 11.6 Å². The maximum atomic E-state index is 13.5. The van der Waals surface area contributed by atoms with Gasteiger partial charge in [0.25, 0.3) is 0 Å². The Kier molecular flexibility index (Phi) is 4.65. The smallest absolute Gasteiger partial charge is 0.133 e. The Morgan fingerprint density at radius 3 is 2.60 bits per heavy atom. The molecule has 0 atom stereocenters. The third-order valence-corrected chi connectivity index (χ3v) is 2.23. The van der Waals surface area contributed by atoms with Crippen molar-refractivity contribution in [3.8, 4) is 0 Å². The van der Waals surface area contributed by atoms with Gasteiger partial charge in [-0.25, -0.2) is 8.78 Å². The van der Waals surface area contributed by atoms with Crippen LogP contribution in [0.15, 0.2) is 12.1 Å². The van der Waals surface area contributed by atoms with Gasteiger partial charge in [-0.3, -0.25) is 0 Å². The highest BCUT2D eigenvalue weighted by Crippen LogP contribution is 2.15. The highest BCUT2D eigenvalue weighted by atomic mass is 19.1. The van der Waals surface area contributed by atoms with Crippen molar-refractivity contribution in [3.05, 3.63) is 34.9 Å². The second-order valence-electron chi connectivity index (χ2n) is 3.44. The Morgan fingerprint density at radius 1 is 1.20 bits per heavy atom. The van der Waals surface area contributed by atoms with Crippen molar-refractivity contribution >= 4 is 0 Å². The molecule has 0 saturated heterocycles. The van der Waals surface area contributed by atoms with Gasteiger partial charge in [-0.2, -0.15) is 0 Å². The molecule has 1 aromatic carbocycles. The molecule has 0 heterocycles. The van der Waals surface area contributed by atoms with Crippen molar-refractivity contribution < 1.29 is 8.78 Å². The van der Waals surface area contributed by atoms with Crippen molar-refractivity contribution in [3.63, 3.8) is 0 Å². The number of benzene rings is 1. The number of nitrogens with one attached hydrogen (secondary N) is 2. The second-order valence-corrected chi connectivity index (χ2v) is 3.44. The van der Waals surface area contributed by atoms with E-state index in [1.165, 1.54) is 12.1 Å². The molecule has 0 aliphatic rings. The summed E-state index contributed by atoms with van der Waals surface area (Å²) in [5.74, 6) is -0.943. The van der Waals surface area contributed by atoms with Gasteiger partial charge in [0.2, 0.25) is 0 Å². The van der Waals surface area contributed by atoms with E-state index in [-0.39, 0.29) is 12.1 Å². The molecule has 0 radical (unpaired) electrons. The predicted molar refractivity (Wildman–Crippen MR) is 56.7 cm³/mol. The van der Waals surface area contributed by atoms with E-state index in [1.54, 1.807) is 6.92 Å². The van der Waals surface area contributed by atoms with Gasteiger partial charge < -0.3 is 10.6 Å². The van der Waals surface area contributed by atoms with Crippen molar-refractivity contribution in [1.82, 2.24) is 10.6 Å². The van der Waals surface area contributed by atoms with E-state index in [0.717, 1.165) is 6.54 Å². The maximum Gasteiger partial charge on any atom is 0.133 e. The predicted octanol–water partition coefficient (Wildman–Crippen LogP) is 1.58. The number of hydrogen-bond donors (Lipinski definition) is 2. The third-order valence-electron chi connectivity index (χ3n) is 2.23. The summed E-state index contributed by atoms with van der Waals surface area (Å²) in [5.41, 5.74) is 0.591. The van der Waals surface area contributed by atoms with Gasteiger partial charge in [0.15, 0.2) is 0 Å². The Balaban J connectivity index is 2.63. The standard InChI is InChI=1S/C11H16F2N2/c1-8-3-4-10(12)9(11(8)13)7-15-6-5-14-2/h3-4,14-15H,5-7H2,1-2H3. The topological polar surface area (TPSA) is 24.1 Å². The number of likely N-dealkylation sites (N-methyl/N-ethyl adjacent to an activating group) is 1. The Labute approximate surface area is 88.7 Å². The lowest BCUT2D eigenvalue weighted by Crippen LogP contribution is -2.25. The molecule has 0 fully saturated rings. The fourth-order valence-electron chi connectivity index (χ4n) is 1.30. The summed E-state index contributed by atoms with van der Waals surface area (Å²) in [5, 5.41) is 5.91. The van der Waals surface area contributed by atoms with Crippen LogP contribution in [0.25, 0.3) is 0 Å². The zero-order valence-corrected chi connectivity index (χ0v) is 9.03. The summed E-state index contributed by atoms with van der Waals surface area (Å²) in [7, 11) is 1.83. The average Bonchev–Trinajstić information content (AvgIpc) is 2.23. The first-order chi connectivity index (χ1) is 7.16. The van der Waals surface area contributed by atoms with E-state index >= 15 is 0 Å². The molecular formula is C11H16F2N2. The van der Waals surface area contributed by atoms with Crippen LogP contribution < -0.4 is 10.6 Å². The molecule has 0 bridgehead atoms. The molecule has 1 aromatic rings. The zero-order valence-electron chi connectivity index (χ0n) is 9.03. The van der Waals surface area contributed by atoms with Gasteiger partial charge in [0.05, 0.1) is 0 Å². The van der Waals surface area contributed by atoms with Gasteiger partial charge in [-0.05, 0) is 25.6 Å². The quantitative estimate of drug-likeness (QED) is 0.727. The minimum absolute atomic E-state index is 0.117. The highest BCUT2D eigenvalue weighted by Gasteiger charge is 2.10. The van der Waals surface area contributed by atoms with Crippen LogP contribution in [0.2, 0.25) is 0 Å². The summed E-state index contributed by atoms with van der Waals surface area (Å²) < 4.78 is 26.7. The van der Waals surface area contributed by atoms with Crippen molar-refractivity contribution in [2.24, 2.45) is 0 Å². The minimum atomic E-state index is -0.491. The summed E-state index contributed by atoms with van der Waals surface area (Å²) >= 11 is 0. The second kappa shape index (κ2) is 5.78. The van der Waals surface area contributed by atoms with Gasteiger partial charge >= 0.3 is 0 Å². The number of halogens is 2. The van der Waals surface area contributed by atoms with E-state index in [9.17, 15) is 8.78 Å². The molecule has 0 aliphatic heterocycles. The fraction of sp³-hybridized carbons (Fsp3) is 0.455. The van der Waals surface area contributed by atoms with Crippen LogP contribution >= 0.6 is 0 Å². The Hall–Kier alpha value is -1.00. The first kappa shape index (κ1) is 12.1. The molecule has 0 amide bonds. The van der Waals surface area contributed by atoms with Crippen LogP contribution in [0.1, 0.15) is 11.1 Å². The van der Waals surface area contributed by atoms with Gasteiger partial charge in [-0.1, -0.05) is 6.07 Å². The van der Waals surface area contributed by atoms with E-state index < -0.39 is 11.6 Å². The molecular weight excluding hydrogens is 198 g/mol. The van der Waals surface area contributed by atoms with Gasteiger partial charge in [-0.15, -0.1) is 0 Å². The number of hydrogen-bond acceptors (Lipinski definition) is 2. The lowest BCUT2D eigenvalue weighted by molar-refractivity contribution is 0.529. The monoisotopic (exact) mass is 214 g/mol. The van der Waals surface area contributed by atoms with E-state index in [0.29, 0.717) is 12.1 Å². The fourth-order valence-corrected chi connectivity index (χ4v) is 1.30. The van der Waals surface area contributed by atoms with Crippen LogP contribution in [0.5, 0.6) is 0 Å². The first-order valence-electron chi connectivity index (χ1n) is 4.95. The minimum Gasteiger partial charge on any atom is -0.318 e. The zero-order chi connectivity index (χ0) is 11.3. The summed E-state index contributed by atoms with van der Waals surface area (Å²) in [6.07, 6.45) is 0. The SMILES string of the molecule is CNCCNCc1c(F)ccc(C)c1F. The molecule has 2 nitrogen and oxygen atoms in total. The largest absolute Gasteiger partial charge is 0.318 e. The molecule has 84 valence electrons. The first-order valence-corrected chi connectivity index (χ1v) is 4.95. The molecule has 0 aliphatic carbocycles. The highest BCUT2D eigenvalue weighted by molar-refractivity contribution is 5.26. The number of rotatable bonds is 5.